The highest BCUT2D eigenvalue weighted by molar-refractivity contribution is 6.28. The van der Waals surface area contributed by atoms with Crippen molar-refractivity contribution < 1.29 is 17.6 Å². The number of rotatable bonds is 1. The second kappa shape index (κ2) is 7.88. The smallest absolute Gasteiger partial charge is 0.223 e. The summed E-state index contributed by atoms with van der Waals surface area (Å²) in [7, 11) is 0. The molecule has 0 aliphatic carbocycles. The molecule has 0 bridgehead atoms. The zero-order chi connectivity index (χ0) is 9.44. The molecule has 0 aromatic heterocycles. The molecule has 0 aliphatic rings. The molecule has 0 rings (SSSR count). The average molecular weight is 211 g/mol. The minimum Gasteiger partial charge on any atom is -0.243 e. The Hall–Kier alpha value is -0.220. The van der Waals surface area contributed by atoms with E-state index in [1.54, 1.807) is 0 Å². The molecule has 0 nitrogen and oxygen atoms in total. The molecule has 0 aliphatic heterocycles. The van der Waals surface area contributed by atoms with Crippen molar-refractivity contribution in [3.63, 3.8) is 0 Å². The summed E-state index contributed by atoms with van der Waals surface area (Å²) in [4.78, 5) is 0. The van der Waals surface area contributed by atoms with Crippen LogP contribution in [0.15, 0.2) is 23.0 Å². The Morgan fingerprint density at radius 1 is 1.18 bits per heavy atom. The molecule has 0 fully saturated rings. The van der Waals surface area contributed by atoms with E-state index in [9.17, 15) is 17.6 Å². The summed E-state index contributed by atoms with van der Waals surface area (Å²) in [5.41, 5.74) is 0. The van der Waals surface area contributed by atoms with Crippen LogP contribution in [0.3, 0.4) is 0 Å². The molecule has 0 atom stereocenters. The molecule has 11 heavy (non-hydrogen) atoms. The monoisotopic (exact) mass is 210 g/mol. The van der Waals surface area contributed by atoms with Gasteiger partial charge in [-0.05, 0) is 11.6 Å². The Bertz CT molecular complexity index is 147. The van der Waals surface area contributed by atoms with Crippen molar-refractivity contribution in [2.24, 2.45) is 0 Å². The van der Waals surface area contributed by atoms with Crippen LogP contribution >= 0.6 is 23.2 Å². The van der Waals surface area contributed by atoms with Crippen LogP contribution < -0.4 is 0 Å². The van der Waals surface area contributed by atoms with Crippen molar-refractivity contribution in [1.29, 1.82) is 0 Å². The van der Waals surface area contributed by atoms with Crippen LogP contribution in [0.2, 0.25) is 0 Å². The lowest BCUT2D eigenvalue weighted by molar-refractivity contribution is 0.439. The van der Waals surface area contributed by atoms with Crippen LogP contribution in [0.5, 0.6) is 0 Å². The van der Waals surface area contributed by atoms with Crippen molar-refractivity contribution in [3.05, 3.63) is 23.0 Å². The summed E-state index contributed by atoms with van der Waals surface area (Å²) in [6, 6.07) is 0. The molecule has 0 heterocycles. The van der Waals surface area contributed by atoms with Gasteiger partial charge >= 0.3 is 0 Å². The van der Waals surface area contributed by atoms with Gasteiger partial charge in [0.25, 0.3) is 0 Å². The molecule has 0 aromatic rings. The second-order valence-electron chi connectivity index (χ2n) is 1.14. The van der Waals surface area contributed by atoms with Gasteiger partial charge in [-0.1, -0.05) is 18.2 Å². The van der Waals surface area contributed by atoms with Gasteiger partial charge in [-0.3, -0.25) is 0 Å². The molecular weight excluding hydrogens is 207 g/mol. The molecule has 0 aromatic carbocycles. The first-order valence-corrected chi connectivity index (χ1v) is 2.93. The first kappa shape index (κ1) is 13.4. The maximum absolute atomic E-state index is 11.3. The van der Waals surface area contributed by atoms with E-state index in [1.165, 1.54) is 0 Å². The van der Waals surface area contributed by atoms with Gasteiger partial charge < -0.3 is 0 Å². The van der Waals surface area contributed by atoms with Crippen LogP contribution in [-0.2, 0) is 0 Å². The maximum Gasteiger partial charge on any atom is 0.223 e. The Morgan fingerprint density at radius 3 is 1.45 bits per heavy atom. The SMILES string of the molecule is C=C(F)Cl.FC/C(F)=C(/F)Cl. The van der Waals surface area contributed by atoms with Gasteiger partial charge in [0.15, 0.2) is 11.1 Å². The minimum absolute atomic E-state index is 0.861. The maximum atomic E-state index is 11.3. The van der Waals surface area contributed by atoms with Crippen LogP contribution in [-0.4, -0.2) is 6.67 Å². The van der Waals surface area contributed by atoms with Gasteiger partial charge in [-0.15, -0.1) is 0 Å². The van der Waals surface area contributed by atoms with Gasteiger partial charge in [0.05, 0.1) is 0 Å². The van der Waals surface area contributed by atoms with Gasteiger partial charge in [-0.25, -0.2) is 8.78 Å². The van der Waals surface area contributed by atoms with Gasteiger partial charge in [0, 0.05) is 0 Å². The Balaban J connectivity index is 0. The van der Waals surface area contributed by atoms with Gasteiger partial charge in [0.1, 0.15) is 6.67 Å². The van der Waals surface area contributed by atoms with Crippen molar-refractivity contribution in [2.75, 3.05) is 6.67 Å². The zero-order valence-electron chi connectivity index (χ0n) is 5.18. The third kappa shape index (κ3) is 17.7. The molecule has 66 valence electrons. The number of alkyl halides is 1. The summed E-state index contributed by atoms with van der Waals surface area (Å²) < 4.78 is 43.8. The second-order valence-corrected chi connectivity index (χ2v) is 1.88. The largest absolute Gasteiger partial charge is 0.243 e. The van der Waals surface area contributed by atoms with E-state index >= 15 is 0 Å². The van der Waals surface area contributed by atoms with Crippen LogP contribution in [0, 0.1) is 0 Å². The van der Waals surface area contributed by atoms with E-state index in [1.807, 2.05) is 0 Å². The first-order chi connectivity index (χ1) is 4.91. The summed E-state index contributed by atoms with van der Waals surface area (Å²) in [5, 5.41) is -2.47. The predicted octanol–water partition coefficient (Wildman–Crippen LogP) is 3.97. The van der Waals surface area contributed by atoms with Crippen LogP contribution in [0.25, 0.3) is 0 Å². The highest BCUT2D eigenvalue weighted by atomic mass is 35.5. The molecule has 0 unspecified atom stereocenters. The summed E-state index contributed by atoms with van der Waals surface area (Å²) in [5.74, 6) is -1.55. The van der Waals surface area contributed by atoms with Gasteiger partial charge in [0.2, 0.25) is 5.29 Å². The lowest BCUT2D eigenvalue weighted by Crippen LogP contribution is -1.74. The summed E-state index contributed by atoms with van der Waals surface area (Å²) in [6.45, 7) is 1.18. The molecule has 0 spiro atoms. The van der Waals surface area contributed by atoms with Crippen molar-refractivity contribution in [3.8, 4) is 0 Å². The zero-order valence-corrected chi connectivity index (χ0v) is 6.69. The van der Waals surface area contributed by atoms with Crippen LogP contribution in [0.4, 0.5) is 17.6 Å². The summed E-state index contributed by atoms with van der Waals surface area (Å²) in [6.07, 6.45) is 0. The van der Waals surface area contributed by atoms with Crippen molar-refractivity contribution >= 4 is 23.2 Å². The minimum atomic E-state index is -1.61. The third-order valence-corrected chi connectivity index (χ3v) is 0.527. The normalized spacial score (nSPS) is 11.1. The predicted molar refractivity (Wildman–Crippen MR) is 37.2 cm³/mol. The van der Waals surface area contributed by atoms with E-state index in [0.29, 0.717) is 0 Å². The topological polar surface area (TPSA) is 0 Å². The average Bonchev–Trinajstić information content (AvgIpc) is 1.85. The fraction of sp³-hybridized carbons (Fsp3) is 0.200. The van der Waals surface area contributed by atoms with E-state index in [-0.39, 0.29) is 0 Å². The number of allylic oxidation sites excluding steroid dienone is 1. The molecule has 0 saturated carbocycles. The number of hydrogen-bond donors (Lipinski definition) is 0. The van der Waals surface area contributed by atoms with Crippen molar-refractivity contribution in [1.82, 2.24) is 0 Å². The Morgan fingerprint density at radius 2 is 1.45 bits per heavy atom. The summed E-state index contributed by atoms with van der Waals surface area (Å²) >= 11 is 8.74. The quantitative estimate of drug-likeness (QED) is 0.575. The highest BCUT2D eigenvalue weighted by Crippen LogP contribution is 2.11. The Kier molecular flexibility index (Phi) is 9.58. The van der Waals surface area contributed by atoms with E-state index in [2.05, 4.69) is 29.8 Å². The molecule has 0 amide bonds. The molecule has 0 saturated heterocycles. The van der Waals surface area contributed by atoms with Crippen molar-refractivity contribution in [2.45, 2.75) is 0 Å². The highest BCUT2D eigenvalue weighted by Gasteiger charge is 1.98. The number of hydrogen-bond acceptors (Lipinski definition) is 0. The lowest BCUT2D eigenvalue weighted by atomic mass is 10.7. The standard InChI is InChI=1S/C3H2ClF3.C2H2ClF/c4-3(7)2(6)1-5;1-2(3)4/h1H2;1H2/b3-2-;. The van der Waals surface area contributed by atoms with E-state index in [0.717, 1.165) is 0 Å². The van der Waals surface area contributed by atoms with E-state index in [4.69, 9.17) is 0 Å². The fourth-order valence-corrected chi connectivity index (χ4v) is 0.101. The van der Waals surface area contributed by atoms with Gasteiger partial charge in [-0.2, -0.15) is 8.78 Å². The molecular formula is C5H4Cl2F4. The Labute approximate surface area is 71.1 Å². The van der Waals surface area contributed by atoms with E-state index < -0.39 is 23.1 Å². The molecule has 0 N–H and O–H groups in total. The molecule has 0 radical (unpaired) electrons. The third-order valence-electron chi connectivity index (χ3n) is 0.322. The van der Waals surface area contributed by atoms with Crippen LogP contribution in [0.1, 0.15) is 0 Å². The molecule has 6 heteroatoms. The number of halogens is 6. The first-order valence-electron chi connectivity index (χ1n) is 2.17. The fourth-order valence-electron chi connectivity index (χ4n) is 0.0505. The lowest BCUT2D eigenvalue weighted by Gasteiger charge is -1.80.